The van der Waals surface area contributed by atoms with Gasteiger partial charge in [-0.25, -0.2) is 4.98 Å². The number of aliphatic carboxylic acids is 1. The molecule has 0 unspecified atom stereocenters. The largest absolute Gasteiger partial charge is 0.543 e. The van der Waals surface area contributed by atoms with Gasteiger partial charge in [0.05, 0.1) is 11.7 Å². The van der Waals surface area contributed by atoms with Crippen LogP contribution in [0.25, 0.3) is 0 Å². The third-order valence-electron chi connectivity index (χ3n) is 6.59. The van der Waals surface area contributed by atoms with Gasteiger partial charge in [0.15, 0.2) is 34.7 Å². The summed E-state index contributed by atoms with van der Waals surface area (Å²) in [5, 5.41) is 38.6. The minimum absolute atomic E-state index is 0.00139. The highest BCUT2D eigenvalue weighted by atomic mass is 32.2. The highest BCUT2D eigenvalue weighted by molar-refractivity contribution is 8.01. The Labute approximate surface area is 262 Å². The van der Waals surface area contributed by atoms with E-state index in [1.54, 1.807) is 29.1 Å². The number of phenolic OH excluding ortho intramolecular Hbond substituents is 2. The Morgan fingerprint density at radius 2 is 2.00 bits per heavy atom. The number of ketones is 1. The number of nitrogens with two attached hydrogens (primary N) is 1. The molecule has 1 fully saturated rings. The molecule has 1 saturated heterocycles. The van der Waals surface area contributed by atoms with E-state index >= 15 is 0 Å². The molecule has 17 heteroatoms. The summed E-state index contributed by atoms with van der Waals surface area (Å²) < 4.78 is 1.64. The fourth-order valence-corrected chi connectivity index (χ4v) is 7.37. The van der Waals surface area contributed by atoms with Crippen LogP contribution >= 0.6 is 34.9 Å². The number of amides is 2. The van der Waals surface area contributed by atoms with Gasteiger partial charge < -0.3 is 36.0 Å². The number of phenols is 2. The van der Waals surface area contributed by atoms with Crippen LogP contribution in [0.1, 0.15) is 16.1 Å². The molecule has 0 aliphatic carbocycles. The Morgan fingerprint density at radius 3 is 2.64 bits per heavy atom. The summed E-state index contributed by atoms with van der Waals surface area (Å²) >= 11 is 3.77. The molecule has 5 N–H and O–H groups in total. The van der Waals surface area contributed by atoms with Crippen molar-refractivity contribution in [1.82, 2.24) is 15.2 Å². The molecule has 2 aromatic heterocycles. The van der Waals surface area contributed by atoms with Crippen molar-refractivity contribution in [2.24, 2.45) is 5.16 Å². The van der Waals surface area contributed by atoms with E-state index in [0.29, 0.717) is 11.3 Å². The Bertz CT molecular complexity index is 1710. The normalized spacial score (nSPS) is 18.0. The minimum atomic E-state index is -1.49. The van der Waals surface area contributed by atoms with Gasteiger partial charge in [-0.15, -0.1) is 34.9 Å². The maximum atomic E-state index is 13.1. The van der Waals surface area contributed by atoms with Crippen molar-refractivity contribution in [2.75, 3.05) is 24.3 Å². The summed E-state index contributed by atoms with van der Waals surface area (Å²) in [5.74, 6) is -3.23. The van der Waals surface area contributed by atoms with Gasteiger partial charge in [0, 0.05) is 39.5 Å². The van der Waals surface area contributed by atoms with Gasteiger partial charge in [0.25, 0.3) is 11.8 Å². The second-order valence-electron chi connectivity index (χ2n) is 9.42. The van der Waals surface area contributed by atoms with Gasteiger partial charge >= 0.3 is 0 Å². The van der Waals surface area contributed by atoms with Gasteiger partial charge in [-0.05, 0) is 23.8 Å². The molecule has 228 valence electrons. The molecule has 2 atom stereocenters. The van der Waals surface area contributed by atoms with E-state index in [1.807, 2.05) is 0 Å². The predicted molar refractivity (Wildman–Crippen MR) is 159 cm³/mol. The van der Waals surface area contributed by atoms with E-state index in [9.17, 15) is 34.5 Å². The zero-order chi connectivity index (χ0) is 31.5. The first-order valence-electron chi connectivity index (χ1n) is 12.8. The number of hydrogen-bond acceptors (Lipinski definition) is 14. The van der Waals surface area contributed by atoms with Crippen molar-refractivity contribution in [3.05, 3.63) is 70.6 Å². The molecule has 3 aromatic rings. The van der Waals surface area contributed by atoms with Crippen LogP contribution in [0, 0.1) is 0 Å². The molecular formula is C27H24N6O8S3. The Hall–Kier alpha value is -4.61. The molecule has 0 saturated carbocycles. The van der Waals surface area contributed by atoms with Crippen molar-refractivity contribution < 1.29 is 43.9 Å². The van der Waals surface area contributed by atoms with E-state index in [-0.39, 0.29) is 57.4 Å². The average Bonchev–Trinajstić information content (AvgIpc) is 3.44. The molecule has 0 radical (unpaired) electrons. The number of thiazole rings is 1. The van der Waals surface area contributed by atoms with Crippen molar-refractivity contribution in [3.63, 3.8) is 0 Å². The molecule has 2 aliphatic rings. The summed E-state index contributed by atoms with van der Waals surface area (Å²) in [5.41, 5.74) is 6.18. The number of hydrogen-bond donors (Lipinski definition) is 4. The van der Waals surface area contributed by atoms with Crippen LogP contribution in [0.4, 0.5) is 5.13 Å². The van der Waals surface area contributed by atoms with Crippen molar-refractivity contribution in [2.45, 2.75) is 22.9 Å². The predicted octanol–water partition coefficient (Wildman–Crippen LogP) is -0.146. The van der Waals surface area contributed by atoms with Crippen LogP contribution in [-0.2, 0) is 25.8 Å². The topological polar surface area (TPSA) is 211 Å². The SMILES string of the molecule is CO/N=C(\C(=O)N[C@@H]1C(=O)N2C(C(=O)[O-])=C(CSc3cc[n+](CC(=O)c4ccc(O)c(O)c4)cc3)CS[C@H]12)c1csc(N)n1. The summed E-state index contributed by atoms with van der Waals surface area (Å²) in [4.78, 5) is 61.3. The molecule has 1 aromatic carbocycles. The zero-order valence-corrected chi connectivity index (χ0v) is 25.3. The Balaban J connectivity index is 1.22. The number of rotatable bonds is 11. The molecule has 2 amide bonds. The lowest BCUT2D eigenvalue weighted by atomic mass is 10.0. The first-order valence-corrected chi connectivity index (χ1v) is 15.7. The summed E-state index contributed by atoms with van der Waals surface area (Å²) in [6.45, 7) is -0.00139. The number of carboxylic acids is 1. The zero-order valence-electron chi connectivity index (χ0n) is 22.8. The molecule has 44 heavy (non-hydrogen) atoms. The molecule has 0 bridgehead atoms. The Morgan fingerprint density at radius 1 is 1.25 bits per heavy atom. The number of Topliss-reactive ketones (excluding diaryl/α,β-unsaturated/α-hetero) is 1. The number of carbonyl (C=O) groups excluding carboxylic acids is 4. The number of thioether (sulfide) groups is 2. The minimum Gasteiger partial charge on any atom is -0.543 e. The van der Waals surface area contributed by atoms with Crippen LogP contribution < -0.4 is 20.7 Å². The van der Waals surface area contributed by atoms with Crippen LogP contribution in [0.3, 0.4) is 0 Å². The summed E-state index contributed by atoms with van der Waals surface area (Å²) in [6, 6.07) is 6.39. The smallest absolute Gasteiger partial charge is 0.276 e. The number of carbonyl (C=O) groups is 4. The van der Waals surface area contributed by atoms with E-state index in [1.165, 1.54) is 54.2 Å². The lowest BCUT2D eigenvalue weighted by Gasteiger charge is -2.50. The fraction of sp³-hybridized carbons (Fsp3) is 0.222. The van der Waals surface area contributed by atoms with Crippen molar-refractivity contribution >= 4 is 69.3 Å². The number of aromatic nitrogens is 2. The lowest BCUT2D eigenvalue weighted by molar-refractivity contribution is -0.683. The number of fused-ring (bicyclic) bond motifs is 1. The molecule has 5 rings (SSSR count). The van der Waals surface area contributed by atoms with Crippen molar-refractivity contribution in [3.8, 4) is 11.5 Å². The summed E-state index contributed by atoms with van der Waals surface area (Å²) in [7, 11) is 1.26. The van der Waals surface area contributed by atoms with Gasteiger partial charge in [-0.2, -0.15) is 4.57 Å². The average molecular weight is 657 g/mol. The van der Waals surface area contributed by atoms with E-state index < -0.39 is 29.2 Å². The van der Waals surface area contributed by atoms with Gasteiger partial charge in [0.1, 0.15) is 24.2 Å². The summed E-state index contributed by atoms with van der Waals surface area (Å²) in [6.07, 6.45) is 3.38. The highest BCUT2D eigenvalue weighted by Gasteiger charge is 2.53. The number of benzene rings is 1. The lowest BCUT2D eigenvalue weighted by Crippen LogP contribution is -2.71. The molecule has 14 nitrogen and oxygen atoms in total. The first-order chi connectivity index (χ1) is 21.1. The maximum absolute atomic E-state index is 13.1. The first kappa shape index (κ1) is 30.8. The van der Waals surface area contributed by atoms with Crippen LogP contribution in [0.15, 0.2) is 69.4 Å². The van der Waals surface area contributed by atoms with Gasteiger partial charge in [-0.3, -0.25) is 19.3 Å². The number of anilines is 1. The van der Waals surface area contributed by atoms with Crippen LogP contribution in [0.2, 0.25) is 0 Å². The number of oxime groups is 1. The third kappa shape index (κ3) is 6.34. The van der Waals surface area contributed by atoms with E-state index in [0.717, 1.165) is 21.1 Å². The molecule has 4 heterocycles. The number of aromatic hydroxyl groups is 2. The number of nitrogens with zero attached hydrogens (tertiary/aromatic N) is 4. The number of pyridine rings is 1. The fourth-order valence-electron chi connectivity index (χ4n) is 4.45. The second kappa shape index (κ2) is 12.9. The van der Waals surface area contributed by atoms with Gasteiger partial charge in [-0.1, -0.05) is 5.16 Å². The Kier molecular flexibility index (Phi) is 9.07. The number of nitrogen functional groups attached to an aromatic ring is 1. The molecular weight excluding hydrogens is 633 g/mol. The number of nitrogens with one attached hydrogen (secondary N) is 1. The highest BCUT2D eigenvalue weighted by Crippen LogP contribution is 2.41. The number of β-lactam (4-membered cyclic amide) rings is 1. The second-order valence-corrected chi connectivity index (χ2v) is 12.5. The number of carboxylic acid groups (broad SMARTS) is 1. The third-order valence-corrected chi connectivity index (χ3v) is 9.70. The van der Waals surface area contributed by atoms with Crippen LogP contribution in [-0.4, -0.2) is 79.4 Å². The quantitative estimate of drug-likeness (QED) is 0.0404. The monoisotopic (exact) mass is 656 g/mol. The standard InChI is InChI=1S/C27H24N6O8S3/c1-41-31-20(16-12-44-27(28)29-16)23(37)30-21-24(38)33-22(26(39)40)14(11-43-25(21)33)10-42-15-4-6-32(7-5-15)9-19(36)13-2-3-17(34)18(35)8-13/h2-8,12,21,25H,9-11H2,1H3,(H5-,28,29,30,31,34,35,36,37,39,40)/t21-,25-/m1/s1. The van der Waals surface area contributed by atoms with E-state index in [4.69, 9.17) is 10.6 Å². The molecule has 0 spiro atoms. The van der Waals surface area contributed by atoms with Gasteiger partial charge in [0.2, 0.25) is 12.3 Å². The van der Waals surface area contributed by atoms with Crippen LogP contribution in [0.5, 0.6) is 11.5 Å². The van der Waals surface area contributed by atoms with E-state index in [2.05, 4.69) is 15.5 Å². The molecule has 2 aliphatic heterocycles. The maximum Gasteiger partial charge on any atom is 0.276 e. The van der Waals surface area contributed by atoms with Crippen molar-refractivity contribution in [1.29, 1.82) is 0 Å².